The van der Waals surface area contributed by atoms with Crippen LogP contribution in [0.3, 0.4) is 0 Å². The van der Waals surface area contributed by atoms with Gasteiger partial charge in [0.05, 0.1) is 0 Å². The Morgan fingerprint density at radius 1 is 1.32 bits per heavy atom. The number of benzene rings is 1. The first-order chi connectivity index (χ1) is 11.8. The molecular weight excluding hydrogens is 366 g/mol. The summed E-state index contributed by atoms with van der Waals surface area (Å²) in [7, 11) is 0. The van der Waals surface area contributed by atoms with E-state index in [1.54, 1.807) is 32.0 Å². The molecule has 0 aliphatic heterocycles. The number of halogens is 1. The predicted molar refractivity (Wildman–Crippen MR) is 94.7 cm³/mol. The number of nitrogens with zero attached hydrogens (tertiary/aromatic N) is 1. The van der Waals surface area contributed by atoms with E-state index in [2.05, 4.69) is 15.6 Å². The summed E-state index contributed by atoms with van der Waals surface area (Å²) in [5.74, 6) is -1.47. The lowest BCUT2D eigenvalue weighted by Gasteiger charge is -2.09. The smallest absolute Gasteiger partial charge is 0.358 e. The van der Waals surface area contributed by atoms with Crippen LogP contribution in [0.2, 0.25) is 5.02 Å². The Labute approximate surface area is 153 Å². The molecule has 1 aromatic carbocycles. The molecule has 0 bridgehead atoms. The molecule has 0 aliphatic carbocycles. The molecule has 3 amide bonds. The fraction of sp³-hybridized carbons (Fsp3) is 0.250. The molecule has 0 spiro atoms. The van der Waals surface area contributed by atoms with Crippen molar-refractivity contribution in [1.82, 2.24) is 15.6 Å². The van der Waals surface area contributed by atoms with Crippen LogP contribution in [0.1, 0.15) is 24.3 Å². The second-order valence-electron chi connectivity index (χ2n) is 5.30. The number of carbonyl (C=O) groups excluding carboxylic acids is 3. The minimum Gasteiger partial charge on any atom is -0.451 e. The second-order valence-corrected chi connectivity index (χ2v) is 6.60. The minimum absolute atomic E-state index is 0.0828. The van der Waals surface area contributed by atoms with E-state index < -0.39 is 24.5 Å². The number of amides is 3. The highest BCUT2D eigenvalue weighted by atomic mass is 35.5. The van der Waals surface area contributed by atoms with Crippen LogP contribution in [-0.2, 0) is 9.53 Å². The molecule has 132 valence electrons. The van der Waals surface area contributed by atoms with Crippen LogP contribution < -0.4 is 10.6 Å². The molecule has 0 atom stereocenters. The summed E-state index contributed by atoms with van der Waals surface area (Å²) in [5.41, 5.74) is 0.860. The monoisotopic (exact) mass is 381 g/mol. The van der Waals surface area contributed by atoms with Gasteiger partial charge in [0.25, 0.3) is 5.91 Å². The van der Waals surface area contributed by atoms with Crippen molar-refractivity contribution >= 4 is 40.8 Å². The number of nitrogens with one attached hydrogen (secondary N) is 2. The standard InChI is InChI=1S/C16H16ClN3O4S/c1-9(2)18-16(23)20-13(21)7-24-15(22)12-8-25-14(19-12)10-4-3-5-11(17)6-10/h3-6,8-9H,7H2,1-2H3,(H2,18,20,21,23). The van der Waals surface area contributed by atoms with Crippen LogP contribution >= 0.6 is 22.9 Å². The van der Waals surface area contributed by atoms with E-state index in [1.807, 2.05) is 6.07 Å². The Balaban J connectivity index is 1.89. The van der Waals surface area contributed by atoms with Crippen molar-refractivity contribution in [3.8, 4) is 10.6 Å². The molecule has 0 saturated carbocycles. The SMILES string of the molecule is CC(C)NC(=O)NC(=O)COC(=O)c1csc(-c2cccc(Cl)c2)n1. The van der Waals surface area contributed by atoms with Gasteiger partial charge in [-0.2, -0.15) is 0 Å². The van der Waals surface area contributed by atoms with Gasteiger partial charge in [-0.3, -0.25) is 10.1 Å². The summed E-state index contributed by atoms with van der Waals surface area (Å²) in [6.07, 6.45) is 0. The highest BCUT2D eigenvalue weighted by Gasteiger charge is 2.16. The number of esters is 1. The fourth-order valence-electron chi connectivity index (χ4n) is 1.79. The molecule has 2 aromatic rings. The van der Waals surface area contributed by atoms with Gasteiger partial charge < -0.3 is 10.1 Å². The van der Waals surface area contributed by atoms with Crippen molar-refractivity contribution in [3.05, 3.63) is 40.4 Å². The van der Waals surface area contributed by atoms with E-state index in [0.29, 0.717) is 10.0 Å². The topological polar surface area (TPSA) is 97.4 Å². The molecular formula is C16H16ClN3O4S. The van der Waals surface area contributed by atoms with Gasteiger partial charge in [-0.05, 0) is 26.0 Å². The summed E-state index contributed by atoms with van der Waals surface area (Å²) < 4.78 is 4.86. The van der Waals surface area contributed by atoms with Crippen LogP contribution in [0, 0.1) is 0 Å². The van der Waals surface area contributed by atoms with Crippen LogP contribution in [0.15, 0.2) is 29.6 Å². The molecule has 2 rings (SSSR count). The van der Waals surface area contributed by atoms with Crippen LogP contribution in [0.5, 0.6) is 0 Å². The first-order valence-electron chi connectivity index (χ1n) is 7.34. The minimum atomic E-state index is -0.746. The molecule has 25 heavy (non-hydrogen) atoms. The molecule has 1 heterocycles. The number of carbonyl (C=O) groups is 3. The van der Waals surface area contributed by atoms with Gasteiger partial charge in [0.2, 0.25) is 0 Å². The van der Waals surface area contributed by atoms with E-state index >= 15 is 0 Å². The third-order valence-electron chi connectivity index (χ3n) is 2.79. The molecule has 0 aliphatic rings. The number of hydrogen-bond donors (Lipinski definition) is 2. The van der Waals surface area contributed by atoms with E-state index in [1.165, 1.54) is 16.7 Å². The van der Waals surface area contributed by atoms with Gasteiger partial charge in [0.15, 0.2) is 12.3 Å². The average molecular weight is 382 g/mol. The zero-order valence-electron chi connectivity index (χ0n) is 13.5. The molecule has 0 radical (unpaired) electrons. The van der Waals surface area contributed by atoms with E-state index in [0.717, 1.165) is 5.56 Å². The van der Waals surface area contributed by atoms with Gasteiger partial charge in [0.1, 0.15) is 5.01 Å². The Morgan fingerprint density at radius 3 is 2.76 bits per heavy atom. The number of rotatable bonds is 5. The lowest BCUT2D eigenvalue weighted by molar-refractivity contribution is -0.123. The quantitative estimate of drug-likeness (QED) is 0.776. The number of thiazole rings is 1. The Morgan fingerprint density at radius 2 is 2.08 bits per heavy atom. The zero-order chi connectivity index (χ0) is 18.4. The second kappa shape index (κ2) is 8.59. The van der Waals surface area contributed by atoms with Gasteiger partial charge in [0, 0.05) is 22.0 Å². The van der Waals surface area contributed by atoms with Crippen molar-refractivity contribution in [2.45, 2.75) is 19.9 Å². The summed E-state index contributed by atoms with van der Waals surface area (Å²) in [5, 5.41) is 7.24. The maximum Gasteiger partial charge on any atom is 0.358 e. The van der Waals surface area contributed by atoms with Crippen LogP contribution in [-0.4, -0.2) is 35.5 Å². The molecule has 7 nitrogen and oxygen atoms in total. The third kappa shape index (κ3) is 5.84. The van der Waals surface area contributed by atoms with E-state index in [4.69, 9.17) is 16.3 Å². The van der Waals surface area contributed by atoms with Crippen LogP contribution in [0.25, 0.3) is 10.6 Å². The maximum absolute atomic E-state index is 11.9. The molecule has 1 aromatic heterocycles. The van der Waals surface area contributed by atoms with Crippen molar-refractivity contribution in [2.24, 2.45) is 0 Å². The van der Waals surface area contributed by atoms with Crippen molar-refractivity contribution in [3.63, 3.8) is 0 Å². The number of urea groups is 1. The van der Waals surface area contributed by atoms with E-state index in [-0.39, 0.29) is 11.7 Å². The Bertz CT molecular complexity index is 791. The van der Waals surface area contributed by atoms with Crippen LogP contribution in [0.4, 0.5) is 4.79 Å². The first-order valence-corrected chi connectivity index (χ1v) is 8.60. The van der Waals surface area contributed by atoms with E-state index in [9.17, 15) is 14.4 Å². The number of aromatic nitrogens is 1. The lowest BCUT2D eigenvalue weighted by atomic mass is 10.2. The average Bonchev–Trinajstić information content (AvgIpc) is 3.01. The highest BCUT2D eigenvalue weighted by Crippen LogP contribution is 2.26. The molecule has 9 heteroatoms. The molecule has 2 N–H and O–H groups in total. The number of imide groups is 1. The number of hydrogen-bond acceptors (Lipinski definition) is 6. The Hall–Kier alpha value is -2.45. The first kappa shape index (κ1) is 18.9. The van der Waals surface area contributed by atoms with Gasteiger partial charge in [-0.15, -0.1) is 11.3 Å². The molecule has 0 fully saturated rings. The third-order valence-corrected chi connectivity index (χ3v) is 3.92. The van der Waals surface area contributed by atoms with Gasteiger partial charge in [-0.25, -0.2) is 14.6 Å². The van der Waals surface area contributed by atoms with Crippen molar-refractivity contribution in [2.75, 3.05) is 6.61 Å². The molecule has 0 unspecified atom stereocenters. The Kier molecular flexibility index (Phi) is 6.49. The maximum atomic E-state index is 11.9. The summed E-state index contributed by atoms with van der Waals surface area (Å²) in [4.78, 5) is 39.0. The zero-order valence-corrected chi connectivity index (χ0v) is 15.1. The van der Waals surface area contributed by atoms with Gasteiger partial charge in [-0.1, -0.05) is 23.7 Å². The molecule has 0 saturated heterocycles. The van der Waals surface area contributed by atoms with Crippen molar-refractivity contribution < 1.29 is 19.1 Å². The normalized spacial score (nSPS) is 10.4. The number of ether oxygens (including phenoxy) is 1. The fourth-order valence-corrected chi connectivity index (χ4v) is 2.76. The highest BCUT2D eigenvalue weighted by molar-refractivity contribution is 7.13. The summed E-state index contributed by atoms with van der Waals surface area (Å²) >= 11 is 7.19. The predicted octanol–water partition coefficient (Wildman–Crippen LogP) is 2.85. The summed E-state index contributed by atoms with van der Waals surface area (Å²) in [6.45, 7) is 2.93. The summed E-state index contributed by atoms with van der Waals surface area (Å²) in [6, 6.07) is 6.31. The van der Waals surface area contributed by atoms with Crippen molar-refractivity contribution in [1.29, 1.82) is 0 Å². The van der Waals surface area contributed by atoms with Gasteiger partial charge >= 0.3 is 12.0 Å². The largest absolute Gasteiger partial charge is 0.451 e. The lowest BCUT2D eigenvalue weighted by Crippen LogP contribution is -2.44.